The zero-order valence-electron chi connectivity index (χ0n) is 12.3. The summed E-state index contributed by atoms with van der Waals surface area (Å²) in [6.45, 7) is 1.05. The molecule has 0 heterocycles. The number of nitrogens with one attached hydrogen (secondary N) is 2. The topological polar surface area (TPSA) is 71.1 Å². The molecule has 0 bridgehead atoms. The van der Waals surface area contributed by atoms with Gasteiger partial charge in [-0.1, -0.05) is 24.3 Å². The number of hydrogen-bond acceptors (Lipinski definition) is 3. The molecule has 2 aromatic rings. The summed E-state index contributed by atoms with van der Waals surface area (Å²) in [5.41, 5.74) is 8.65. The van der Waals surface area contributed by atoms with Crippen molar-refractivity contribution in [2.45, 2.75) is 13.2 Å². The molecule has 2 rings (SSSR count). The van der Waals surface area contributed by atoms with Crippen LogP contribution in [0.2, 0.25) is 0 Å². The van der Waals surface area contributed by atoms with E-state index in [9.17, 15) is 0 Å². The smallest absolute Gasteiger partial charge is 0.125 e. The van der Waals surface area contributed by atoms with Gasteiger partial charge in [0, 0.05) is 19.2 Å². The van der Waals surface area contributed by atoms with Crippen LogP contribution in [0.15, 0.2) is 48.5 Å². The number of benzene rings is 2. The molecule has 0 amide bonds. The molecule has 0 saturated heterocycles. The summed E-state index contributed by atoms with van der Waals surface area (Å²) >= 11 is 0. The van der Waals surface area contributed by atoms with E-state index in [0.29, 0.717) is 19.0 Å². The first-order valence-corrected chi connectivity index (χ1v) is 6.50. The zero-order chi connectivity index (χ0) is 14.4. The summed E-state index contributed by atoms with van der Waals surface area (Å²) in [7, 11) is 1.73. The lowest BCUT2D eigenvalue weighted by Crippen LogP contribution is -2.17. The van der Waals surface area contributed by atoms with Gasteiger partial charge >= 0.3 is 0 Å². The Labute approximate surface area is 143 Å². The molecule has 22 heavy (non-hydrogen) atoms. The van der Waals surface area contributed by atoms with Crippen LogP contribution in [0.1, 0.15) is 16.7 Å². The van der Waals surface area contributed by atoms with Gasteiger partial charge in [-0.2, -0.15) is 0 Å². The predicted molar refractivity (Wildman–Crippen MR) is 95.5 cm³/mol. The second kappa shape index (κ2) is 10.1. The molecule has 6 heteroatoms. The van der Waals surface area contributed by atoms with E-state index >= 15 is 0 Å². The highest BCUT2D eigenvalue weighted by atomic mass is 35.5. The molecule has 2 aromatic carbocycles. The van der Waals surface area contributed by atoms with E-state index in [0.717, 1.165) is 22.4 Å². The van der Waals surface area contributed by atoms with E-state index < -0.39 is 0 Å². The lowest BCUT2D eigenvalue weighted by atomic mass is 10.1. The molecule has 0 unspecified atom stereocenters. The van der Waals surface area contributed by atoms with Crippen LogP contribution >= 0.6 is 24.8 Å². The Morgan fingerprint density at radius 3 is 2.32 bits per heavy atom. The maximum atomic E-state index is 7.67. The minimum Gasteiger partial charge on any atom is -0.489 e. The first kappa shape index (κ1) is 20.2. The van der Waals surface area contributed by atoms with Crippen LogP contribution in [-0.4, -0.2) is 12.9 Å². The van der Waals surface area contributed by atoms with Gasteiger partial charge in [0.1, 0.15) is 18.2 Å². The highest BCUT2D eigenvalue weighted by molar-refractivity contribution is 5.96. The summed E-state index contributed by atoms with van der Waals surface area (Å²) in [5.74, 6) is 1.18. The molecule has 4 N–H and O–H groups in total. The maximum Gasteiger partial charge on any atom is 0.125 e. The number of halogens is 2. The van der Waals surface area contributed by atoms with Gasteiger partial charge < -0.3 is 15.8 Å². The Hall–Kier alpha value is -1.75. The van der Waals surface area contributed by atoms with Crippen molar-refractivity contribution in [2.24, 2.45) is 5.73 Å². The van der Waals surface area contributed by atoms with E-state index in [1.54, 1.807) is 7.05 Å². The van der Waals surface area contributed by atoms with Crippen molar-refractivity contribution in [3.8, 4) is 5.75 Å². The number of rotatable bonds is 5. The Morgan fingerprint density at radius 2 is 1.73 bits per heavy atom. The monoisotopic (exact) mass is 341 g/mol. The van der Waals surface area contributed by atoms with E-state index in [1.807, 2.05) is 48.5 Å². The van der Waals surface area contributed by atoms with E-state index in [1.165, 1.54) is 0 Å². The van der Waals surface area contributed by atoms with Gasteiger partial charge in [0.2, 0.25) is 0 Å². The molecule has 0 fully saturated rings. The molecular weight excluding hydrogens is 321 g/mol. The van der Waals surface area contributed by atoms with Crippen LogP contribution in [0.4, 0.5) is 0 Å². The molecule has 120 valence electrons. The standard InChI is InChI=1S/C16H19N3O.2ClH/c1-19-16(18)14-5-7-15(8-6-14)20-11-13-4-2-3-12(9-13)10-17;;/h2-9H,10-11,17H2,1H3,(H2,18,19);2*1H. The number of ether oxygens (including phenoxy) is 1. The maximum absolute atomic E-state index is 7.67. The molecule has 0 atom stereocenters. The second-order valence-corrected chi connectivity index (χ2v) is 4.46. The SMILES string of the molecule is CNC(=N)c1ccc(OCc2cccc(CN)c2)cc1.Cl.Cl. The summed E-state index contributed by atoms with van der Waals surface area (Å²) in [6.07, 6.45) is 0. The number of amidine groups is 1. The Bertz CT molecular complexity index is 588. The van der Waals surface area contributed by atoms with Crippen molar-refractivity contribution in [1.82, 2.24) is 5.32 Å². The molecule has 0 aliphatic carbocycles. The fraction of sp³-hybridized carbons (Fsp3) is 0.188. The van der Waals surface area contributed by atoms with E-state index in [2.05, 4.69) is 5.32 Å². The van der Waals surface area contributed by atoms with Crippen molar-refractivity contribution in [2.75, 3.05) is 7.05 Å². The lowest BCUT2D eigenvalue weighted by molar-refractivity contribution is 0.306. The van der Waals surface area contributed by atoms with Crippen LogP contribution in [-0.2, 0) is 13.2 Å². The molecule has 0 aliphatic heterocycles. The minimum atomic E-state index is 0. The molecular formula is C16H21Cl2N3O. The van der Waals surface area contributed by atoms with Crippen LogP contribution in [0.25, 0.3) is 0 Å². The third-order valence-electron chi connectivity index (χ3n) is 3.03. The van der Waals surface area contributed by atoms with Crippen LogP contribution < -0.4 is 15.8 Å². The quantitative estimate of drug-likeness (QED) is 0.578. The molecule has 0 spiro atoms. The average Bonchev–Trinajstić information content (AvgIpc) is 2.53. The van der Waals surface area contributed by atoms with Crippen LogP contribution in [0.3, 0.4) is 0 Å². The highest BCUT2D eigenvalue weighted by Crippen LogP contribution is 2.14. The number of hydrogen-bond donors (Lipinski definition) is 3. The predicted octanol–water partition coefficient (Wildman–Crippen LogP) is 3.11. The van der Waals surface area contributed by atoms with Crippen LogP contribution in [0.5, 0.6) is 5.75 Å². The van der Waals surface area contributed by atoms with Gasteiger partial charge in [0.25, 0.3) is 0 Å². The largest absolute Gasteiger partial charge is 0.489 e. The highest BCUT2D eigenvalue weighted by Gasteiger charge is 2.00. The first-order valence-electron chi connectivity index (χ1n) is 6.50. The van der Waals surface area contributed by atoms with Crippen molar-refractivity contribution in [3.63, 3.8) is 0 Å². The van der Waals surface area contributed by atoms with E-state index in [-0.39, 0.29) is 24.8 Å². The minimum absolute atomic E-state index is 0. The van der Waals surface area contributed by atoms with Crippen LogP contribution in [0, 0.1) is 5.41 Å². The van der Waals surface area contributed by atoms with Gasteiger partial charge in [-0.3, -0.25) is 5.41 Å². The van der Waals surface area contributed by atoms with Crippen molar-refractivity contribution < 1.29 is 4.74 Å². The van der Waals surface area contributed by atoms with E-state index in [4.69, 9.17) is 15.9 Å². The Balaban J connectivity index is 0.00000220. The fourth-order valence-corrected chi connectivity index (χ4v) is 1.88. The zero-order valence-corrected chi connectivity index (χ0v) is 14.0. The molecule has 0 radical (unpaired) electrons. The molecule has 0 aliphatic rings. The van der Waals surface area contributed by atoms with Gasteiger partial charge in [0.15, 0.2) is 0 Å². The summed E-state index contributed by atoms with van der Waals surface area (Å²) in [4.78, 5) is 0. The van der Waals surface area contributed by atoms with Gasteiger partial charge in [0.05, 0.1) is 0 Å². The summed E-state index contributed by atoms with van der Waals surface area (Å²) in [6, 6.07) is 15.5. The lowest BCUT2D eigenvalue weighted by Gasteiger charge is -2.08. The average molecular weight is 342 g/mol. The Morgan fingerprint density at radius 1 is 1.09 bits per heavy atom. The normalized spacial score (nSPS) is 9.18. The molecule has 0 aromatic heterocycles. The third kappa shape index (κ3) is 5.56. The van der Waals surface area contributed by atoms with Crippen molar-refractivity contribution >= 4 is 30.6 Å². The van der Waals surface area contributed by atoms with Crippen molar-refractivity contribution in [3.05, 3.63) is 65.2 Å². The molecule has 4 nitrogen and oxygen atoms in total. The summed E-state index contributed by atoms with van der Waals surface area (Å²) < 4.78 is 5.73. The number of nitrogens with two attached hydrogens (primary N) is 1. The first-order chi connectivity index (χ1) is 9.72. The fourth-order valence-electron chi connectivity index (χ4n) is 1.88. The van der Waals surface area contributed by atoms with Gasteiger partial charge in [-0.25, -0.2) is 0 Å². The molecule has 0 saturated carbocycles. The van der Waals surface area contributed by atoms with Gasteiger partial charge in [-0.05, 0) is 35.4 Å². The van der Waals surface area contributed by atoms with Crippen molar-refractivity contribution in [1.29, 1.82) is 5.41 Å². The third-order valence-corrected chi connectivity index (χ3v) is 3.03. The second-order valence-electron chi connectivity index (χ2n) is 4.46. The Kier molecular flexibility index (Phi) is 9.26. The van der Waals surface area contributed by atoms with Gasteiger partial charge in [-0.15, -0.1) is 24.8 Å². The summed E-state index contributed by atoms with van der Waals surface area (Å²) in [5, 5.41) is 10.5.